The van der Waals surface area contributed by atoms with E-state index in [-0.39, 0.29) is 24.0 Å². The third-order valence-corrected chi connectivity index (χ3v) is 5.25. The number of carbonyl (C=O) groups excluding carboxylic acids is 1. The van der Waals surface area contributed by atoms with Crippen molar-refractivity contribution >= 4 is 23.0 Å². The number of hydrogen-bond donors (Lipinski definition) is 0. The number of hydrogen-bond acceptors (Lipinski definition) is 4. The fourth-order valence-electron chi connectivity index (χ4n) is 3.76. The van der Waals surface area contributed by atoms with Gasteiger partial charge in [-0.25, -0.2) is 13.8 Å². The summed E-state index contributed by atoms with van der Waals surface area (Å²) in [7, 11) is 1.52. The maximum Gasteiger partial charge on any atom is 0.262 e. The minimum atomic E-state index is -0.497. The van der Waals surface area contributed by atoms with Crippen LogP contribution in [0.1, 0.15) is 28.5 Å². The average Bonchev–Trinajstić information content (AvgIpc) is 2.74. The molecule has 5 nitrogen and oxygen atoms in total. The van der Waals surface area contributed by atoms with Gasteiger partial charge in [-0.05, 0) is 61.4 Å². The fourth-order valence-corrected chi connectivity index (χ4v) is 3.76. The number of amides is 1. The Labute approximate surface area is 173 Å². The number of halogens is 2. The quantitative estimate of drug-likeness (QED) is 0.609. The minimum Gasteiger partial charge on any atom is -0.481 e. The van der Waals surface area contributed by atoms with Crippen molar-refractivity contribution in [3.05, 3.63) is 77.0 Å². The second kappa shape index (κ2) is 7.74. The number of aromatic nitrogens is 1. The molecule has 154 valence electrons. The van der Waals surface area contributed by atoms with Gasteiger partial charge >= 0.3 is 0 Å². The van der Waals surface area contributed by atoms with Crippen LogP contribution < -0.4 is 14.5 Å². The molecule has 0 bridgehead atoms. The first kappa shape index (κ1) is 19.8. The highest BCUT2D eigenvalue weighted by molar-refractivity contribution is 6.12. The lowest BCUT2D eigenvalue weighted by atomic mass is 10.0. The summed E-state index contributed by atoms with van der Waals surface area (Å²) in [6.45, 7) is 3.91. The number of fused-ring (bicyclic) bond motifs is 1. The molecular formula is C23H21F2N3O2. The maximum atomic E-state index is 14.0. The second-order valence-electron chi connectivity index (χ2n) is 7.05. The lowest BCUT2D eigenvalue weighted by Gasteiger charge is -2.39. The van der Waals surface area contributed by atoms with E-state index in [1.807, 2.05) is 11.8 Å². The Bertz CT molecular complexity index is 1130. The van der Waals surface area contributed by atoms with Crippen LogP contribution in [0.4, 0.5) is 25.8 Å². The van der Waals surface area contributed by atoms with Crippen molar-refractivity contribution in [1.29, 1.82) is 0 Å². The molecular weight excluding hydrogens is 388 g/mol. The normalized spacial score (nSPS) is 13.4. The monoisotopic (exact) mass is 409 g/mol. The molecule has 1 aromatic heterocycles. The number of rotatable bonds is 4. The standard InChI is InChI=1S/C23H21F2N3O2/c1-4-15-11-16(24)5-7-20(15)27-13-28(19-9-10-22(30-3)26-14(19)2)23(29)18-12-17(25)6-8-21(18)27/h5-12H,4,13H2,1-3H3. The minimum absolute atomic E-state index is 0.185. The van der Waals surface area contributed by atoms with Gasteiger partial charge in [0.2, 0.25) is 5.88 Å². The number of nitrogens with zero attached hydrogens (tertiary/aromatic N) is 3. The predicted octanol–water partition coefficient (Wildman–Crippen LogP) is 5.00. The molecule has 0 saturated carbocycles. The Morgan fingerprint density at radius 1 is 0.967 bits per heavy atom. The van der Waals surface area contributed by atoms with Gasteiger partial charge < -0.3 is 9.64 Å². The Morgan fingerprint density at radius 3 is 2.30 bits per heavy atom. The summed E-state index contributed by atoms with van der Waals surface area (Å²) >= 11 is 0. The van der Waals surface area contributed by atoms with Gasteiger partial charge in [-0.2, -0.15) is 0 Å². The Kier molecular flexibility index (Phi) is 5.11. The summed E-state index contributed by atoms with van der Waals surface area (Å²) in [6.07, 6.45) is 0.608. The zero-order chi connectivity index (χ0) is 21.4. The SMILES string of the molecule is CCc1cc(F)ccc1N1CN(c2ccc(OC)nc2C)C(=O)c2cc(F)ccc21. The smallest absolute Gasteiger partial charge is 0.262 e. The summed E-state index contributed by atoms with van der Waals surface area (Å²) in [5, 5.41) is 0. The molecule has 3 aromatic rings. The average molecular weight is 409 g/mol. The molecule has 0 aliphatic carbocycles. The van der Waals surface area contributed by atoms with Crippen LogP contribution in [0.2, 0.25) is 0 Å². The highest BCUT2D eigenvalue weighted by Gasteiger charge is 2.33. The van der Waals surface area contributed by atoms with E-state index in [1.54, 1.807) is 36.1 Å². The summed E-state index contributed by atoms with van der Waals surface area (Å²) in [6, 6.07) is 12.1. The molecule has 2 heterocycles. The summed E-state index contributed by atoms with van der Waals surface area (Å²) in [5.41, 5.74) is 3.59. The molecule has 7 heteroatoms. The molecule has 30 heavy (non-hydrogen) atoms. The molecule has 0 spiro atoms. The molecule has 2 aromatic carbocycles. The molecule has 0 unspecified atom stereocenters. The molecule has 1 amide bonds. The van der Waals surface area contributed by atoms with Crippen molar-refractivity contribution in [2.24, 2.45) is 0 Å². The largest absolute Gasteiger partial charge is 0.481 e. The first-order valence-corrected chi connectivity index (χ1v) is 9.62. The van der Waals surface area contributed by atoms with E-state index < -0.39 is 5.82 Å². The first-order chi connectivity index (χ1) is 14.4. The summed E-state index contributed by atoms with van der Waals surface area (Å²) in [5.74, 6) is -0.704. The van der Waals surface area contributed by atoms with Gasteiger partial charge in [0.25, 0.3) is 5.91 Å². The molecule has 0 fully saturated rings. The Hall–Kier alpha value is -3.48. The van der Waals surface area contributed by atoms with E-state index >= 15 is 0 Å². The van der Waals surface area contributed by atoms with E-state index in [9.17, 15) is 13.6 Å². The molecule has 0 radical (unpaired) electrons. The van der Waals surface area contributed by atoms with Crippen molar-refractivity contribution in [2.45, 2.75) is 20.3 Å². The number of ether oxygens (including phenoxy) is 1. The van der Waals surface area contributed by atoms with Crippen LogP contribution in [-0.2, 0) is 6.42 Å². The molecule has 0 N–H and O–H groups in total. The van der Waals surface area contributed by atoms with Crippen LogP contribution in [0.5, 0.6) is 5.88 Å². The van der Waals surface area contributed by atoms with Crippen molar-refractivity contribution in [3.63, 3.8) is 0 Å². The van der Waals surface area contributed by atoms with E-state index in [0.717, 1.165) is 11.3 Å². The molecule has 0 atom stereocenters. The number of pyridine rings is 1. The molecule has 1 aliphatic heterocycles. The van der Waals surface area contributed by atoms with Gasteiger partial charge in [-0.1, -0.05) is 6.92 Å². The van der Waals surface area contributed by atoms with Gasteiger partial charge in [0.15, 0.2) is 0 Å². The number of benzene rings is 2. The van der Waals surface area contributed by atoms with Crippen LogP contribution in [0.15, 0.2) is 48.5 Å². The maximum absolute atomic E-state index is 14.0. The highest BCUT2D eigenvalue weighted by Crippen LogP contribution is 2.38. The van der Waals surface area contributed by atoms with Crippen molar-refractivity contribution in [3.8, 4) is 5.88 Å². The van der Waals surface area contributed by atoms with Crippen molar-refractivity contribution < 1.29 is 18.3 Å². The van der Waals surface area contributed by atoms with Gasteiger partial charge in [-0.15, -0.1) is 0 Å². The molecule has 0 saturated heterocycles. The van der Waals surface area contributed by atoms with E-state index in [1.165, 1.54) is 31.4 Å². The topological polar surface area (TPSA) is 45.7 Å². The highest BCUT2D eigenvalue weighted by atomic mass is 19.1. The predicted molar refractivity (Wildman–Crippen MR) is 112 cm³/mol. The van der Waals surface area contributed by atoms with Crippen molar-refractivity contribution in [1.82, 2.24) is 4.98 Å². The number of aryl methyl sites for hydroxylation is 2. The first-order valence-electron chi connectivity index (χ1n) is 9.62. The van der Waals surface area contributed by atoms with Gasteiger partial charge in [0, 0.05) is 11.8 Å². The van der Waals surface area contributed by atoms with E-state index in [2.05, 4.69) is 4.98 Å². The van der Waals surface area contributed by atoms with Crippen LogP contribution >= 0.6 is 0 Å². The lowest BCUT2D eigenvalue weighted by molar-refractivity contribution is 0.0982. The van der Waals surface area contributed by atoms with Crippen LogP contribution in [0.25, 0.3) is 0 Å². The van der Waals surface area contributed by atoms with Gasteiger partial charge in [-0.3, -0.25) is 9.69 Å². The van der Waals surface area contributed by atoms with Crippen molar-refractivity contribution in [2.75, 3.05) is 23.6 Å². The van der Waals surface area contributed by atoms with E-state index in [4.69, 9.17) is 4.74 Å². The number of anilines is 3. The van der Waals surface area contributed by atoms with Crippen LogP contribution in [0, 0.1) is 18.6 Å². The Balaban J connectivity index is 1.88. The number of methoxy groups -OCH3 is 1. The van der Waals surface area contributed by atoms with Gasteiger partial charge in [0.05, 0.1) is 29.7 Å². The third kappa shape index (κ3) is 3.36. The summed E-state index contributed by atoms with van der Waals surface area (Å²) in [4.78, 5) is 21.1. The summed E-state index contributed by atoms with van der Waals surface area (Å²) < 4.78 is 33.0. The zero-order valence-electron chi connectivity index (χ0n) is 16.9. The van der Waals surface area contributed by atoms with Gasteiger partial charge in [0.1, 0.15) is 18.3 Å². The second-order valence-corrected chi connectivity index (χ2v) is 7.05. The lowest BCUT2D eigenvalue weighted by Crippen LogP contribution is -2.45. The molecule has 1 aliphatic rings. The van der Waals surface area contributed by atoms with Crippen LogP contribution in [-0.4, -0.2) is 24.7 Å². The third-order valence-electron chi connectivity index (χ3n) is 5.25. The number of carbonyl (C=O) groups is 1. The van der Waals surface area contributed by atoms with E-state index in [0.29, 0.717) is 29.4 Å². The fraction of sp³-hybridized carbons (Fsp3) is 0.217. The molecule has 4 rings (SSSR count). The zero-order valence-corrected chi connectivity index (χ0v) is 16.9. The Morgan fingerprint density at radius 2 is 1.63 bits per heavy atom. The van der Waals surface area contributed by atoms with Crippen LogP contribution in [0.3, 0.4) is 0 Å².